The molecule has 1 aromatic carbocycles. The third kappa shape index (κ3) is 1.87. The normalized spacial score (nSPS) is 21.7. The van der Waals surface area contributed by atoms with Gasteiger partial charge in [-0.1, -0.05) is 12.1 Å². The predicted octanol–water partition coefficient (Wildman–Crippen LogP) is 1.61. The number of piperidine rings is 1. The molecule has 0 aromatic heterocycles. The van der Waals surface area contributed by atoms with Crippen LogP contribution in [-0.2, 0) is 4.79 Å². The zero-order valence-corrected chi connectivity index (χ0v) is 7.99. The fourth-order valence-electron chi connectivity index (χ4n) is 1.83. The zero-order valence-electron chi connectivity index (χ0n) is 7.99. The van der Waals surface area contributed by atoms with Gasteiger partial charge in [0, 0.05) is 12.1 Å². The van der Waals surface area contributed by atoms with E-state index in [0.29, 0.717) is 6.42 Å². The van der Waals surface area contributed by atoms with Crippen molar-refractivity contribution in [2.75, 3.05) is 5.73 Å². The van der Waals surface area contributed by atoms with E-state index in [1.807, 2.05) is 24.3 Å². The number of rotatable bonds is 1. The van der Waals surface area contributed by atoms with E-state index in [1.165, 1.54) is 0 Å². The van der Waals surface area contributed by atoms with Gasteiger partial charge in [0.25, 0.3) is 0 Å². The van der Waals surface area contributed by atoms with Crippen LogP contribution in [0, 0.1) is 0 Å². The molecular formula is C11H14N2O. The molecule has 0 spiro atoms. The summed E-state index contributed by atoms with van der Waals surface area (Å²) in [5, 5.41) is 2.97. The third-order valence-electron chi connectivity index (χ3n) is 2.54. The first-order valence-corrected chi connectivity index (χ1v) is 4.90. The molecule has 3 heteroatoms. The van der Waals surface area contributed by atoms with Crippen LogP contribution in [0.15, 0.2) is 24.3 Å². The molecule has 1 saturated heterocycles. The number of nitrogens with two attached hydrogens (primary N) is 1. The van der Waals surface area contributed by atoms with Crippen LogP contribution < -0.4 is 11.1 Å². The Kier molecular flexibility index (Phi) is 2.39. The maximum Gasteiger partial charge on any atom is 0.220 e. The van der Waals surface area contributed by atoms with Crippen LogP contribution in [0.4, 0.5) is 5.69 Å². The van der Waals surface area contributed by atoms with E-state index >= 15 is 0 Å². The first kappa shape index (κ1) is 9.06. The van der Waals surface area contributed by atoms with Gasteiger partial charge in [0.1, 0.15) is 0 Å². The first-order valence-electron chi connectivity index (χ1n) is 4.90. The summed E-state index contributed by atoms with van der Waals surface area (Å²) < 4.78 is 0. The molecule has 1 heterocycles. The summed E-state index contributed by atoms with van der Waals surface area (Å²) in [6, 6.07) is 7.86. The number of benzene rings is 1. The molecule has 74 valence electrons. The number of carbonyl (C=O) groups is 1. The largest absolute Gasteiger partial charge is 0.399 e. The molecule has 1 fully saturated rings. The second kappa shape index (κ2) is 3.70. The molecule has 0 saturated carbocycles. The van der Waals surface area contributed by atoms with Crippen LogP contribution in [0.25, 0.3) is 0 Å². The summed E-state index contributed by atoms with van der Waals surface area (Å²) in [5.41, 5.74) is 7.55. The number of hydrogen-bond donors (Lipinski definition) is 2. The van der Waals surface area contributed by atoms with Crippen molar-refractivity contribution in [3.05, 3.63) is 29.8 Å². The van der Waals surface area contributed by atoms with Gasteiger partial charge in [-0.3, -0.25) is 4.79 Å². The highest BCUT2D eigenvalue weighted by atomic mass is 16.1. The van der Waals surface area contributed by atoms with Crippen molar-refractivity contribution >= 4 is 11.6 Å². The number of hydrogen-bond acceptors (Lipinski definition) is 2. The fourth-order valence-corrected chi connectivity index (χ4v) is 1.83. The highest BCUT2D eigenvalue weighted by molar-refractivity contribution is 5.77. The standard InChI is InChI=1S/C11H14N2O/c12-9-4-1-3-8(7-9)10-5-2-6-11(14)13-10/h1,3-4,7,10H,2,5-6,12H2,(H,13,14). The number of nitrogens with one attached hydrogen (secondary N) is 1. The number of anilines is 1. The van der Waals surface area contributed by atoms with Gasteiger partial charge in [0.2, 0.25) is 5.91 Å². The average Bonchev–Trinajstić information content (AvgIpc) is 2.18. The van der Waals surface area contributed by atoms with E-state index in [1.54, 1.807) is 0 Å². The number of amides is 1. The smallest absolute Gasteiger partial charge is 0.220 e. The van der Waals surface area contributed by atoms with Crippen molar-refractivity contribution in [3.63, 3.8) is 0 Å². The molecule has 1 amide bonds. The van der Waals surface area contributed by atoms with Crippen LogP contribution in [0.5, 0.6) is 0 Å². The molecule has 1 aliphatic rings. The Labute approximate surface area is 83.3 Å². The number of nitrogen functional groups attached to an aromatic ring is 1. The maximum absolute atomic E-state index is 11.2. The molecule has 0 radical (unpaired) electrons. The Bertz CT molecular complexity index is 349. The number of carbonyl (C=O) groups excluding carboxylic acids is 1. The summed E-state index contributed by atoms with van der Waals surface area (Å²) in [4.78, 5) is 11.2. The highest BCUT2D eigenvalue weighted by Gasteiger charge is 2.19. The summed E-state index contributed by atoms with van der Waals surface area (Å²) in [6.45, 7) is 0. The van der Waals surface area contributed by atoms with Crippen molar-refractivity contribution in [2.45, 2.75) is 25.3 Å². The van der Waals surface area contributed by atoms with E-state index in [9.17, 15) is 4.79 Å². The molecule has 1 aromatic rings. The van der Waals surface area contributed by atoms with Gasteiger partial charge < -0.3 is 11.1 Å². The van der Waals surface area contributed by atoms with Crippen LogP contribution in [0.3, 0.4) is 0 Å². The lowest BCUT2D eigenvalue weighted by molar-refractivity contribution is -0.123. The molecule has 2 rings (SSSR count). The maximum atomic E-state index is 11.2. The Morgan fingerprint density at radius 2 is 2.29 bits per heavy atom. The lowest BCUT2D eigenvalue weighted by atomic mass is 9.97. The van der Waals surface area contributed by atoms with Crippen molar-refractivity contribution < 1.29 is 4.79 Å². The molecule has 1 unspecified atom stereocenters. The monoisotopic (exact) mass is 190 g/mol. The van der Waals surface area contributed by atoms with E-state index in [4.69, 9.17) is 5.73 Å². The van der Waals surface area contributed by atoms with Crippen molar-refractivity contribution in [2.24, 2.45) is 0 Å². The molecule has 3 N–H and O–H groups in total. The van der Waals surface area contributed by atoms with Gasteiger partial charge in [-0.2, -0.15) is 0 Å². The van der Waals surface area contributed by atoms with Crippen LogP contribution in [-0.4, -0.2) is 5.91 Å². The van der Waals surface area contributed by atoms with E-state index in [0.717, 1.165) is 24.1 Å². The molecule has 3 nitrogen and oxygen atoms in total. The Balaban J connectivity index is 2.17. The predicted molar refractivity (Wildman–Crippen MR) is 55.6 cm³/mol. The second-order valence-electron chi connectivity index (χ2n) is 3.68. The fraction of sp³-hybridized carbons (Fsp3) is 0.364. The SMILES string of the molecule is Nc1cccc(C2CCCC(=O)N2)c1. The summed E-state index contributed by atoms with van der Waals surface area (Å²) in [6.07, 6.45) is 2.62. The van der Waals surface area contributed by atoms with E-state index in [2.05, 4.69) is 5.32 Å². The summed E-state index contributed by atoms with van der Waals surface area (Å²) in [7, 11) is 0. The molecule has 0 aliphatic carbocycles. The van der Waals surface area contributed by atoms with Gasteiger partial charge >= 0.3 is 0 Å². The Morgan fingerprint density at radius 3 is 3.00 bits per heavy atom. The molecule has 0 bridgehead atoms. The van der Waals surface area contributed by atoms with Crippen LogP contribution >= 0.6 is 0 Å². The Morgan fingerprint density at radius 1 is 1.43 bits per heavy atom. The summed E-state index contributed by atoms with van der Waals surface area (Å²) >= 11 is 0. The van der Waals surface area contributed by atoms with Crippen molar-refractivity contribution in [3.8, 4) is 0 Å². The van der Waals surface area contributed by atoms with Gasteiger partial charge in [0.15, 0.2) is 0 Å². The van der Waals surface area contributed by atoms with Crippen molar-refractivity contribution in [1.82, 2.24) is 5.32 Å². The molecule has 1 aliphatic heterocycles. The first-order chi connectivity index (χ1) is 6.75. The average molecular weight is 190 g/mol. The molecule has 1 atom stereocenters. The molecular weight excluding hydrogens is 176 g/mol. The van der Waals surface area contributed by atoms with Gasteiger partial charge in [-0.05, 0) is 30.5 Å². The van der Waals surface area contributed by atoms with Crippen LogP contribution in [0.2, 0.25) is 0 Å². The minimum absolute atomic E-state index is 0.142. The third-order valence-corrected chi connectivity index (χ3v) is 2.54. The van der Waals surface area contributed by atoms with Crippen LogP contribution in [0.1, 0.15) is 30.9 Å². The van der Waals surface area contributed by atoms with E-state index < -0.39 is 0 Å². The lowest BCUT2D eigenvalue weighted by Crippen LogP contribution is -2.32. The minimum Gasteiger partial charge on any atom is -0.399 e. The van der Waals surface area contributed by atoms with Crippen molar-refractivity contribution in [1.29, 1.82) is 0 Å². The molecule has 14 heavy (non-hydrogen) atoms. The van der Waals surface area contributed by atoms with Gasteiger partial charge in [-0.25, -0.2) is 0 Å². The van der Waals surface area contributed by atoms with E-state index in [-0.39, 0.29) is 11.9 Å². The quantitative estimate of drug-likeness (QED) is 0.661. The van der Waals surface area contributed by atoms with Gasteiger partial charge in [-0.15, -0.1) is 0 Å². The Hall–Kier alpha value is -1.51. The van der Waals surface area contributed by atoms with Gasteiger partial charge in [0.05, 0.1) is 6.04 Å². The highest BCUT2D eigenvalue weighted by Crippen LogP contribution is 2.24. The zero-order chi connectivity index (χ0) is 9.97. The topological polar surface area (TPSA) is 55.1 Å². The summed E-state index contributed by atoms with van der Waals surface area (Å²) in [5.74, 6) is 0.142. The lowest BCUT2D eigenvalue weighted by Gasteiger charge is -2.23. The minimum atomic E-state index is 0.142. The second-order valence-corrected chi connectivity index (χ2v) is 3.68.